The van der Waals surface area contributed by atoms with Crippen molar-refractivity contribution in [3.63, 3.8) is 0 Å². The van der Waals surface area contributed by atoms with Crippen molar-refractivity contribution in [1.82, 2.24) is 5.32 Å². The number of allylic oxidation sites excluding steroid dienone is 12. The van der Waals surface area contributed by atoms with Gasteiger partial charge in [-0.1, -0.05) is 189 Å². The van der Waals surface area contributed by atoms with Gasteiger partial charge in [-0.05, 0) is 109 Å². The molecule has 7 nitrogen and oxygen atoms in total. The lowest BCUT2D eigenvalue weighted by Crippen LogP contribution is -2.40. The number of aliphatic carboxylic acids is 1. The van der Waals surface area contributed by atoms with Crippen molar-refractivity contribution < 1.29 is 24.2 Å². The Bertz CT molecular complexity index is 1190. The first-order chi connectivity index (χ1) is 29.9. The first-order valence-electron chi connectivity index (χ1n) is 25.3. The summed E-state index contributed by atoms with van der Waals surface area (Å²) in [6.07, 6.45) is 62.4. The number of carboxylic acid groups (broad SMARTS) is 1. The van der Waals surface area contributed by atoms with E-state index in [-0.39, 0.29) is 18.0 Å². The van der Waals surface area contributed by atoms with Gasteiger partial charge in [-0.2, -0.15) is 0 Å². The Morgan fingerprint density at radius 3 is 1.36 bits per heavy atom. The SMILES string of the molecule is CC/C=C\C/C=C\C/C=C\C/C=C\C/C=C\C/C=C\CCCCCCC(=O)OC(CCCCCCCCCCCCCC)CCCCCCCC(=O)NC(CCCN)C(=O)O. The number of ether oxygens (including phenoxy) is 1. The quantitative estimate of drug-likeness (QED) is 0.0319. The number of carbonyl (C=O) groups excluding carboxylic acids is 2. The average molecular weight is 851 g/mol. The zero-order valence-electron chi connectivity index (χ0n) is 39.5. The van der Waals surface area contributed by atoms with E-state index in [0.717, 1.165) is 122 Å². The highest BCUT2D eigenvalue weighted by Gasteiger charge is 2.19. The Hall–Kier alpha value is -3.19. The molecule has 0 aromatic heterocycles. The molecule has 0 heterocycles. The maximum Gasteiger partial charge on any atom is 0.326 e. The third-order valence-corrected chi connectivity index (χ3v) is 11.0. The lowest BCUT2D eigenvalue weighted by Gasteiger charge is -2.18. The Kier molecular flexibility index (Phi) is 45.3. The van der Waals surface area contributed by atoms with Crippen LogP contribution in [0.4, 0.5) is 0 Å². The van der Waals surface area contributed by atoms with Crippen molar-refractivity contribution in [2.75, 3.05) is 6.54 Å². The van der Waals surface area contributed by atoms with Gasteiger partial charge in [0.15, 0.2) is 0 Å². The van der Waals surface area contributed by atoms with Gasteiger partial charge in [0.25, 0.3) is 0 Å². The molecule has 0 aliphatic rings. The van der Waals surface area contributed by atoms with Crippen molar-refractivity contribution in [2.24, 2.45) is 5.73 Å². The van der Waals surface area contributed by atoms with E-state index in [9.17, 15) is 19.5 Å². The number of unbranched alkanes of at least 4 members (excludes halogenated alkanes) is 19. The van der Waals surface area contributed by atoms with E-state index in [4.69, 9.17) is 10.5 Å². The largest absolute Gasteiger partial charge is 0.480 e. The van der Waals surface area contributed by atoms with Crippen LogP contribution in [0.25, 0.3) is 0 Å². The van der Waals surface area contributed by atoms with Crippen LogP contribution in [0.3, 0.4) is 0 Å². The summed E-state index contributed by atoms with van der Waals surface area (Å²) >= 11 is 0. The summed E-state index contributed by atoms with van der Waals surface area (Å²) in [6, 6.07) is -0.861. The molecule has 2 unspecified atom stereocenters. The van der Waals surface area contributed by atoms with Crippen molar-refractivity contribution in [3.8, 4) is 0 Å². The zero-order valence-corrected chi connectivity index (χ0v) is 39.5. The Labute approximate surface area is 375 Å². The fourth-order valence-electron chi connectivity index (χ4n) is 7.28. The maximum absolute atomic E-state index is 12.9. The Morgan fingerprint density at radius 1 is 0.492 bits per heavy atom. The van der Waals surface area contributed by atoms with E-state index in [2.05, 4.69) is 92.1 Å². The molecular weight excluding hydrogens is 757 g/mol. The van der Waals surface area contributed by atoms with Crippen molar-refractivity contribution in [1.29, 1.82) is 0 Å². The molecule has 0 bridgehead atoms. The highest BCUT2D eigenvalue weighted by atomic mass is 16.5. The smallest absolute Gasteiger partial charge is 0.326 e. The molecular formula is C54H94N2O5. The molecule has 0 fully saturated rings. The van der Waals surface area contributed by atoms with Gasteiger partial charge >= 0.3 is 11.9 Å². The van der Waals surface area contributed by atoms with Gasteiger partial charge in [-0.3, -0.25) is 9.59 Å². The molecule has 0 rings (SSSR count). The van der Waals surface area contributed by atoms with Crippen LogP contribution in [-0.2, 0) is 19.1 Å². The minimum atomic E-state index is -1.01. The Balaban J connectivity index is 4.31. The standard InChI is InChI=1S/C54H94N2O5/c1-3-5-7-9-11-13-15-17-18-19-20-21-22-23-24-25-26-27-29-31-33-38-42-48-53(58)61-50(44-39-35-32-30-28-16-14-12-10-8-6-4-2)45-40-36-34-37-41-47-52(57)56-51(54(59)60)46-43-49-55/h5,7,11,13,17-18,20-21,23-24,26-27,50-51H,3-4,6,8-10,12,14-16,19,22,25,28-49,55H2,1-2H3,(H,56,57)(H,59,60)/b7-5-,13-11-,18-17-,21-20-,24-23-,27-26-. The first kappa shape index (κ1) is 57.8. The summed E-state index contributed by atoms with van der Waals surface area (Å²) in [6.45, 7) is 4.84. The minimum Gasteiger partial charge on any atom is -0.480 e. The molecule has 0 aliphatic heterocycles. The second-order valence-electron chi connectivity index (χ2n) is 16.9. The highest BCUT2D eigenvalue weighted by molar-refractivity contribution is 5.83. The molecule has 0 aromatic rings. The monoisotopic (exact) mass is 851 g/mol. The summed E-state index contributed by atoms with van der Waals surface area (Å²) in [4.78, 5) is 36.5. The summed E-state index contributed by atoms with van der Waals surface area (Å²) in [5.74, 6) is -1.25. The predicted molar refractivity (Wildman–Crippen MR) is 262 cm³/mol. The number of carbonyl (C=O) groups is 3. The fraction of sp³-hybridized carbons (Fsp3) is 0.722. The molecule has 350 valence electrons. The van der Waals surface area contributed by atoms with Crippen LogP contribution in [0, 0.1) is 0 Å². The molecule has 4 N–H and O–H groups in total. The second kappa shape index (κ2) is 47.9. The van der Waals surface area contributed by atoms with Crippen molar-refractivity contribution >= 4 is 17.8 Å². The van der Waals surface area contributed by atoms with Crippen LogP contribution in [0.2, 0.25) is 0 Å². The van der Waals surface area contributed by atoms with E-state index < -0.39 is 12.0 Å². The van der Waals surface area contributed by atoms with Crippen LogP contribution in [0.1, 0.15) is 232 Å². The van der Waals surface area contributed by atoms with Gasteiger partial charge in [-0.15, -0.1) is 0 Å². The minimum absolute atomic E-state index is 0.00373. The highest BCUT2D eigenvalue weighted by Crippen LogP contribution is 2.19. The van der Waals surface area contributed by atoms with Crippen LogP contribution in [-0.4, -0.2) is 41.6 Å². The summed E-state index contributed by atoms with van der Waals surface area (Å²) in [7, 11) is 0. The molecule has 61 heavy (non-hydrogen) atoms. The van der Waals surface area contributed by atoms with Crippen LogP contribution in [0.5, 0.6) is 0 Å². The lowest BCUT2D eigenvalue weighted by molar-refractivity contribution is -0.150. The number of amides is 1. The molecule has 0 radical (unpaired) electrons. The number of hydrogen-bond acceptors (Lipinski definition) is 5. The second-order valence-corrected chi connectivity index (χ2v) is 16.9. The van der Waals surface area contributed by atoms with Crippen LogP contribution >= 0.6 is 0 Å². The number of rotatable bonds is 45. The van der Waals surface area contributed by atoms with E-state index in [1.54, 1.807) is 0 Å². The first-order valence-corrected chi connectivity index (χ1v) is 25.3. The zero-order chi connectivity index (χ0) is 44.5. The number of esters is 1. The van der Waals surface area contributed by atoms with Gasteiger partial charge in [0, 0.05) is 12.8 Å². The van der Waals surface area contributed by atoms with Gasteiger partial charge in [0.1, 0.15) is 12.1 Å². The van der Waals surface area contributed by atoms with E-state index >= 15 is 0 Å². The third-order valence-electron chi connectivity index (χ3n) is 11.0. The maximum atomic E-state index is 12.9. The van der Waals surface area contributed by atoms with E-state index in [1.165, 1.54) is 70.6 Å². The van der Waals surface area contributed by atoms with E-state index in [1.807, 2.05) is 0 Å². The number of carboxylic acids is 1. The molecule has 7 heteroatoms. The summed E-state index contributed by atoms with van der Waals surface area (Å²) in [5, 5.41) is 12.0. The molecule has 1 amide bonds. The fourth-order valence-corrected chi connectivity index (χ4v) is 7.28. The third kappa shape index (κ3) is 44.7. The predicted octanol–water partition coefficient (Wildman–Crippen LogP) is 15.1. The molecule has 0 spiro atoms. The number of hydrogen-bond donors (Lipinski definition) is 3. The Morgan fingerprint density at radius 2 is 0.902 bits per heavy atom. The van der Waals surface area contributed by atoms with Crippen LogP contribution in [0.15, 0.2) is 72.9 Å². The molecule has 0 saturated carbocycles. The topological polar surface area (TPSA) is 119 Å². The van der Waals surface area contributed by atoms with Gasteiger partial charge in [-0.25, -0.2) is 4.79 Å². The molecule has 0 aromatic carbocycles. The van der Waals surface area contributed by atoms with Gasteiger partial charge in [0.2, 0.25) is 5.91 Å². The molecule has 0 aliphatic carbocycles. The number of nitrogens with two attached hydrogens (primary N) is 1. The molecule has 2 atom stereocenters. The number of nitrogens with one attached hydrogen (secondary N) is 1. The summed E-state index contributed by atoms with van der Waals surface area (Å²) in [5.41, 5.74) is 5.50. The van der Waals surface area contributed by atoms with Crippen molar-refractivity contribution in [2.45, 2.75) is 244 Å². The van der Waals surface area contributed by atoms with E-state index in [0.29, 0.717) is 32.2 Å². The van der Waals surface area contributed by atoms with Crippen LogP contribution < -0.4 is 11.1 Å². The van der Waals surface area contributed by atoms with Gasteiger partial charge in [0.05, 0.1) is 0 Å². The lowest BCUT2D eigenvalue weighted by atomic mass is 10.0. The van der Waals surface area contributed by atoms with Gasteiger partial charge < -0.3 is 20.9 Å². The molecule has 0 saturated heterocycles. The summed E-state index contributed by atoms with van der Waals surface area (Å²) < 4.78 is 6.07. The average Bonchev–Trinajstić information content (AvgIpc) is 3.25. The normalized spacial score (nSPS) is 13.2. The van der Waals surface area contributed by atoms with Crippen molar-refractivity contribution in [3.05, 3.63) is 72.9 Å².